The van der Waals surface area contributed by atoms with E-state index in [9.17, 15) is 0 Å². The first kappa shape index (κ1) is 14.4. The van der Waals surface area contributed by atoms with Crippen molar-refractivity contribution in [2.24, 2.45) is 0 Å². The predicted octanol–water partition coefficient (Wildman–Crippen LogP) is 4.22. The Kier molecular flexibility index (Phi) is 4.20. The third kappa shape index (κ3) is 3.12. The Labute approximate surface area is 125 Å². The Balaban J connectivity index is 2.64. The second kappa shape index (κ2) is 5.54. The number of hydrogen-bond acceptors (Lipinski definition) is 5. The van der Waals surface area contributed by atoms with Crippen LogP contribution in [0.3, 0.4) is 0 Å². The quantitative estimate of drug-likeness (QED) is 0.902. The zero-order valence-electron chi connectivity index (χ0n) is 11.4. The SMILES string of the molecule is CC(C)Oc1cc(Br)c2nc(N)sc2c1OC(C)C. The zero-order chi connectivity index (χ0) is 14.2. The molecular formula is C13H17BrN2O2S. The third-order valence-electron chi connectivity index (χ3n) is 2.27. The molecule has 19 heavy (non-hydrogen) atoms. The summed E-state index contributed by atoms with van der Waals surface area (Å²) in [4.78, 5) is 4.31. The number of nitrogen functional groups attached to an aromatic ring is 1. The minimum Gasteiger partial charge on any atom is -0.487 e. The Bertz CT molecular complexity index is 596. The molecule has 104 valence electrons. The highest BCUT2D eigenvalue weighted by Crippen LogP contribution is 2.44. The highest BCUT2D eigenvalue weighted by Gasteiger charge is 2.19. The van der Waals surface area contributed by atoms with Gasteiger partial charge in [-0.3, -0.25) is 0 Å². The molecule has 1 aromatic heterocycles. The number of benzene rings is 1. The first-order chi connectivity index (χ1) is 8.88. The van der Waals surface area contributed by atoms with Gasteiger partial charge in [-0.25, -0.2) is 4.98 Å². The number of ether oxygens (including phenoxy) is 2. The van der Waals surface area contributed by atoms with Crippen molar-refractivity contribution in [3.8, 4) is 11.5 Å². The smallest absolute Gasteiger partial charge is 0.181 e. The summed E-state index contributed by atoms with van der Waals surface area (Å²) in [5.41, 5.74) is 6.61. The highest BCUT2D eigenvalue weighted by molar-refractivity contribution is 9.10. The van der Waals surface area contributed by atoms with Crippen LogP contribution in [-0.4, -0.2) is 17.2 Å². The second-order valence-electron chi connectivity index (χ2n) is 4.75. The van der Waals surface area contributed by atoms with Gasteiger partial charge in [-0.15, -0.1) is 0 Å². The standard InChI is InChI=1S/C13H17BrN2O2S/c1-6(2)17-9-5-8(14)10-12(19-13(15)16-10)11(9)18-7(3)4/h5-7H,1-4H3,(H2,15,16). The Morgan fingerprint density at radius 2 is 1.84 bits per heavy atom. The second-order valence-corrected chi connectivity index (χ2v) is 6.63. The third-order valence-corrected chi connectivity index (χ3v) is 3.76. The van der Waals surface area contributed by atoms with Gasteiger partial charge >= 0.3 is 0 Å². The predicted molar refractivity (Wildman–Crippen MR) is 83.3 cm³/mol. The van der Waals surface area contributed by atoms with Gasteiger partial charge in [0.2, 0.25) is 0 Å². The molecule has 0 aliphatic heterocycles. The molecule has 0 bridgehead atoms. The fourth-order valence-corrected chi connectivity index (χ4v) is 3.17. The molecule has 1 aromatic carbocycles. The maximum atomic E-state index is 5.90. The van der Waals surface area contributed by atoms with Crippen molar-refractivity contribution in [3.63, 3.8) is 0 Å². The minimum atomic E-state index is 0.0576. The normalized spacial score (nSPS) is 11.5. The lowest BCUT2D eigenvalue weighted by molar-refractivity contribution is 0.201. The maximum Gasteiger partial charge on any atom is 0.181 e. The molecule has 0 saturated carbocycles. The largest absolute Gasteiger partial charge is 0.487 e. The lowest BCUT2D eigenvalue weighted by Gasteiger charge is -2.18. The van der Waals surface area contributed by atoms with Crippen molar-refractivity contribution in [1.82, 2.24) is 4.98 Å². The number of anilines is 1. The zero-order valence-corrected chi connectivity index (χ0v) is 13.8. The number of fused-ring (bicyclic) bond motifs is 1. The van der Waals surface area contributed by atoms with E-state index in [4.69, 9.17) is 15.2 Å². The van der Waals surface area contributed by atoms with Gasteiger partial charge < -0.3 is 15.2 Å². The van der Waals surface area contributed by atoms with Crippen LogP contribution in [0.1, 0.15) is 27.7 Å². The van der Waals surface area contributed by atoms with E-state index in [-0.39, 0.29) is 12.2 Å². The number of rotatable bonds is 4. The summed E-state index contributed by atoms with van der Waals surface area (Å²) in [5.74, 6) is 1.43. The molecule has 4 nitrogen and oxygen atoms in total. The van der Waals surface area contributed by atoms with Crippen molar-refractivity contribution >= 4 is 42.6 Å². The number of nitrogens with zero attached hydrogens (tertiary/aromatic N) is 1. The summed E-state index contributed by atoms with van der Waals surface area (Å²) in [5, 5.41) is 0.519. The summed E-state index contributed by atoms with van der Waals surface area (Å²) in [7, 11) is 0. The Morgan fingerprint density at radius 3 is 2.42 bits per heavy atom. The Morgan fingerprint density at radius 1 is 1.21 bits per heavy atom. The van der Waals surface area contributed by atoms with E-state index in [1.165, 1.54) is 11.3 Å². The average Bonchev–Trinajstić information content (AvgIpc) is 2.65. The van der Waals surface area contributed by atoms with Crippen LogP contribution in [0.4, 0.5) is 5.13 Å². The van der Waals surface area contributed by atoms with E-state index in [0.717, 1.165) is 20.4 Å². The minimum absolute atomic E-state index is 0.0576. The first-order valence-electron chi connectivity index (χ1n) is 6.10. The summed E-state index contributed by atoms with van der Waals surface area (Å²) >= 11 is 4.91. The van der Waals surface area contributed by atoms with Gasteiger partial charge in [0.05, 0.1) is 12.2 Å². The summed E-state index contributed by atoms with van der Waals surface area (Å²) in [6, 6.07) is 1.89. The van der Waals surface area contributed by atoms with E-state index >= 15 is 0 Å². The molecule has 0 aliphatic rings. The van der Waals surface area contributed by atoms with Gasteiger partial charge in [-0.1, -0.05) is 11.3 Å². The molecule has 0 unspecified atom stereocenters. The van der Waals surface area contributed by atoms with Crippen molar-refractivity contribution in [1.29, 1.82) is 0 Å². The maximum absolute atomic E-state index is 5.90. The monoisotopic (exact) mass is 344 g/mol. The summed E-state index contributed by atoms with van der Waals surface area (Å²) < 4.78 is 13.5. The Hall–Kier alpha value is -1.01. The molecule has 2 N–H and O–H groups in total. The molecule has 6 heteroatoms. The van der Waals surface area contributed by atoms with Crippen LogP contribution in [0.25, 0.3) is 10.2 Å². The molecule has 0 aliphatic carbocycles. The van der Waals surface area contributed by atoms with Gasteiger partial charge in [-0.05, 0) is 43.6 Å². The molecule has 2 rings (SSSR count). The molecule has 0 spiro atoms. The summed E-state index contributed by atoms with van der Waals surface area (Å²) in [6.45, 7) is 7.94. The number of aromatic nitrogens is 1. The van der Waals surface area contributed by atoms with Crippen molar-refractivity contribution < 1.29 is 9.47 Å². The number of halogens is 1. The lowest BCUT2D eigenvalue weighted by Crippen LogP contribution is -2.11. The van der Waals surface area contributed by atoms with Crippen molar-refractivity contribution in [2.75, 3.05) is 5.73 Å². The van der Waals surface area contributed by atoms with Crippen LogP contribution in [-0.2, 0) is 0 Å². The van der Waals surface area contributed by atoms with Crippen LogP contribution in [0.2, 0.25) is 0 Å². The van der Waals surface area contributed by atoms with Gasteiger partial charge in [0, 0.05) is 10.5 Å². The van der Waals surface area contributed by atoms with Gasteiger partial charge in [0.25, 0.3) is 0 Å². The average molecular weight is 345 g/mol. The topological polar surface area (TPSA) is 57.4 Å². The van der Waals surface area contributed by atoms with Gasteiger partial charge in [-0.2, -0.15) is 0 Å². The highest BCUT2D eigenvalue weighted by atomic mass is 79.9. The lowest BCUT2D eigenvalue weighted by atomic mass is 10.3. The molecule has 1 heterocycles. The molecule has 0 amide bonds. The van der Waals surface area contributed by atoms with Crippen LogP contribution >= 0.6 is 27.3 Å². The van der Waals surface area contributed by atoms with Crippen molar-refractivity contribution in [2.45, 2.75) is 39.9 Å². The molecular weight excluding hydrogens is 328 g/mol. The van der Waals surface area contributed by atoms with Crippen LogP contribution < -0.4 is 15.2 Å². The number of hydrogen-bond donors (Lipinski definition) is 1. The van der Waals surface area contributed by atoms with Crippen LogP contribution in [0, 0.1) is 0 Å². The fraction of sp³-hybridized carbons (Fsp3) is 0.462. The van der Waals surface area contributed by atoms with E-state index < -0.39 is 0 Å². The van der Waals surface area contributed by atoms with E-state index in [2.05, 4.69) is 20.9 Å². The molecule has 2 aromatic rings. The fourth-order valence-electron chi connectivity index (χ4n) is 1.70. The van der Waals surface area contributed by atoms with E-state index in [1.54, 1.807) is 0 Å². The van der Waals surface area contributed by atoms with Gasteiger partial charge in [0.1, 0.15) is 10.2 Å². The number of nitrogens with two attached hydrogens (primary N) is 1. The summed E-state index contributed by atoms with van der Waals surface area (Å²) in [6.07, 6.45) is 0.131. The molecule has 0 saturated heterocycles. The van der Waals surface area contributed by atoms with E-state index in [1.807, 2.05) is 33.8 Å². The van der Waals surface area contributed by atoms with Gasteiger partial charge in [0.15, 0.2) is 16.6 Å². The van der Waals surface area contributed by atoms with Crippen molar-refractivity contribution in [3.05, 3.63) is 10.5 Å². The molecule has 0 radical (unpaired) electrons. The number of thiazole rings is 1. The first-order valence-corrected chi connectivity index (χ1v) is 7.71. The van der Waals surface area contributed by atoms with Crippen LogP contribution in [0.15, 0.2) is 10.5 Å². The van der Waals surface area contributed by atoms with Crippen LogP contribution in [0.5, 0.6) is 11.5 Å². The molecule has 0 atom stereocenters. The van der Waals surface area contributed by atoms with E-state index in [0.29, 0.717) is 10.9 Å². The molecule has 0 fully saturated rings.